The zero-order valence-corrected chi connectivity index (χ0v) is 19.7. The van der Waals surface area contributed by atoms with Crippen LogP contribution in [0.4, 0.5) is 17.6 Å². The molecular formula is C25H25F4N5O3. The molecule has 1 aromatic carbocycles. The molecule has 4 heterocycles. The van der Waals surface area contributed by atoms with E-state index >= 15 is 0 Å². The SMILES string of the molecule is N#C[C@H](C[C@H]1CCCNC1=O)NC(=O)[C@@H]1[C@H]2CC[C@H](CC2(F)F)N1C(=O)c1cc2c(F)ccc(F)c2[nH]1. The molecule has 12 heteroatoms. The summed E-state index contributed by atoms with van der Waals surface area (Å²) < 4.78 is 58.3. The molecule has 2 bridgehead atoms. The van der Waals surface area contributed by atoms with Crippen molar-refractivity contribution < 1.29 is 31.9 Å². The molecule has 0 spiro atoms. The van der Waals surface area contributed by atoms with Gasteiger partial charge >= 0.3 is 0 Å². The second kappa shape index (κ2) is 9.36. The first-order valence-electron chi connectivity index (χ1n) is 12.3. The molecule has 3 aliphatic heterocycles. The van der Waals surface area contributed by atoms with E-state index < -0.39 is 65.8 Å². The number of aromatic nitrogens is 1. The van der Waals surface area contributed by atoms with Crippen LogP contribution < -0.4 is 10.6 Å². The minimum Gasteiger partial charge on any atom is -0.356 e. The molecule has 3 N–H and O–H groups in total. The Morgan fingerprint density at radius 3 is 2.65 bits per heavy atom. The molecule has 4 aliphatic rings. The van der Waals surface area contributed by atoms with Crippen LogP contribution in [-0.4, -0.2) is 58.2 Å². The van der Waals surface area contributed by atoms with Crippen molar-refractivity contribution in [3.63, 3.8) is 0 Å². The maximum absolute atomic E-state index is 14.9. The lowest BCUT2D eigenvalue weighted by Crippen LogP contribution is -2.68. The van der Waals surface area contributed by atoms with Gasteiger partial charge in [-0.15, -0.1) is 0 Å². The number of benzene rings is 1. The predicted octanol–water partition coefficient (Wildman–Crippen LogP) is 3.00. The van der Waals surface area contributed by atoms with Gasteiger partial charge in [0.2, 0.25) is 11.8 Å². The number of nitriles is 1. The van der Waals surface area contributed by atoms with Gasteiger partial charge in [-0.3, -0.25) is 14.4 Å². The molecule has 4 fully saturated rings. The topological polar surface area (TPSA) is 118 Å². The number of hydrogen-bond donors (Lipinski definition) is 3. The highest BCUT2D eigenvalue weighted by molar-refractivity contribution is 6.01. The Bertz CT molecular complexity index is 1270. The molecule has 1 saturated carbocycles. The van der Waals surface area contributed by atoms with Gasteiger partial charge in [-0.2, -0.15) is 5.26 Å². The van der Waals surface area contributed by atoms with Crippen molar-refractivity contribution >= 4 is 28.6 Å². The fourth-order valence-corrected chi connectivity index (χ4v) is 5.95. The summed E-state index contributed by atoms with van der Waals surface area (Å²) in [6.07, 6.45) is 0.861. The summed E-state index contributed by atoms with van der Waals surface area (Å²) in [4.78, 5) is 42.6. The summed E-state index contributed by atoms with van der Waals surface area (Å²) in [6, 6.07) is 1.14. The molecule has 0 unspecified atom stereocenters. The minimum atomic E-state index is -3.22. The van der Waals surface area contributed by atoms with E-state index in [-0.39, 0.29) is 41.8 Å². The monoisotopic (exact) mass is 519 g/mol. The van der Waals surface area contributed by atoms with Gasteiger partial charge in [0.05, 0.1) is 17.5 Å². The van der Waals surface area contributed by atoms with E-state index in [9.17, 15) is 37.2 Å². The number of fused-ring (bicyclic) bond motifs is 4. The molecule has 0 radical (unpaired) electrons. The van der Waals surface area contributed by atoms with Gasteiger partial charge in [0.15, 0.2) is 0 Å². The molecule has 3 amide bonds. The van der Waals surface area contributed by atoms with Gasteiger partial charge in [-0.1, -0.05) is 0 Å². The van der Waals surface area contributed by atoms with E-state index in [4.69, 9.17) is 0 Å². The molecule has 2 aromatic rings. The highest BCUT2D eigenvalue weighted by atomic mass is 19.3. The number of carbonyl (C=O) groups excluding carboxylic acids is 3. The standard InChI is InChI=1S/C25H25F4N5O3/c26-17-5-6-18(27)20-15(17)9-19(33-20)24(37)34-14-3-4-16(25(28,29)10-14)21(34)23(36)32-13(11-30)8-12-2-1-7-31-22(12)35/h5-6,9,12-14,16,21,33H,1-4,7-8,10H2,(H,31,35)(H,32,36)/t12-,13+,14-,16-,21+/m1/s1. The number of rotatable bonds is 5. The summed E-state index contributed by atoms with van der Waals surface area (Å²) in [5, 5.41) is 14.6. The summed E-state index contributed by atoms with van der Waals surface area (Å²) in [5.41, 5.74) is -0.476. The average Bonchev–Trinajstić information content (AvgIpc) is 3.33. The van der Waals surface area contributed by atoms with Crippen molar-refractivity contribution in [2.75, 3.05) is 6.54 Å². The third kappa shape index (κ3) is 4.40. The molecule has 3 saturated heterocycles. The fraction of sp³-hybridized carbons (Fsp3) is 0.520. The minimum absolute atomic E-state index is 0.00224. The van der Waals surface area contributed by atoms with Crippen LogP contribution in [0.1, 0.15) is 49.0 Å². The number of halogens is 4. The second-order valence-corrected chi connectivity index (χ2v) is 10.0. The van der Waals surface area contributed by atoms with Crippen molar-refractivity contribution in [3.8, 4) is 6.07 Å². The van der Waals surface area contributed by atoms with Crippen LogP contribution >= 0.6 is 0 Å². The maximum Gasteiger partial charge on any atom is 0.271 e. The molecule has 1 aliphatic carbocycles. The van der Waals surface area contributed by atoms with Crippen molar-refractivity contribution in [3.05, 3.63) is 35.5 Å². The van der Waals surface area contributed by atoms with E-state index in [0.717, 1.165) is 29.5 Å². The van der Waals surface area contributed by atoms with Crippen molar-refractivity contribution in [2.24, 2.45) is 11.8 Å². The normalized spacial score (nSPS) is 27.4. The van der Waals surface area contributed by atoms with Gasteiger partial charge < -0.3 is 20.5 Å². The zero-order chi connectivity index (χ0) is 26.5. The number of nitrogens with one attached hydrogen (secondary N) is 3. The lowest BCUT2D eigenvalue weighted by atomic mass is 9.71. The van der Waals surface area contributed by atoms with Crippen LogP contribution in [0.25, 0.3) is 10.9 Å². The van der Waals surface area contributed by atoms with Crippen molar-refractivity contribution in [2.45, 2.75) is 62.6 Å². The lowest BCUT2D eigenvalue weighted by Gasteiger charge is -2.53. The molecule has 6 rings (SSSR count). The predicted molar refractivity (Wildman–Crippen MR) is 122 cm³/mol. The molecular weight excluding hydrogens is 494 g/mol. The molecule has 5 atom stereocenters. The number of alkyl halides is 2. The van der Waals surface area contributed by atoms with Crippen molar-refractivity contribution in [1.82, 2.24) is 20.5 Å². The van der Waals surface area contributed by atoms with Crippen LogP contribution in [0.15, 0.2) is 18.2 Å². The molecule has 1 aromatic heterocycles. The molecule has 8 nitrogen and oxygen atoms in total. The number of H-pyrrole nitrogens is 1. The Kier molecular flexibility index (Phi) is 6.33. The van der Waals surface area contributed by atoms with E-state index in [2.05, 4.69) is 15.6 Å². The van der Waals surface area contributed by atoms with E-state index in [1.807, 2.05) is 6.07 Å². The fourth-order valence-electron chi connectivity index (χ4n) is 5.95. The quantitative estimate of drug-likeness (QED) is 0.527. The second-order valence-electron chi connectivity index (χ2n) is 10.0. The first-order chi connectivity index (χ1) is 17.6. The maximum atomic E-state index is 14.9. The Labute approximate surface area is 209 Å². The Morgan fingerprint density at radius 2 is 1.97 bits per heavy atom. The summed E-state index contributed by atoms with van der Waals surface area (Å²) in [7, 11) is 0. The van der Waals surface area contributed by atoms with E-state index in [0.29, 0.717) is 13.0 Å². The zero-order valence-electron chi connectivity index (χ0n) is 19.7. The summed E-state index contributed by atoms with van der Waals surface area (Å²) >= 11 is 0. The Morgan fingerprint density at radius 1 is 1.22 bits per heavy atom. The van der Waals surface area contributed by atoms with E-state index in [1.54, 1.807) is 0 Å². The number of aromatic amines is 1. The molecule has 196 valence electrons. The Balaban J connectivity index is 1.43. The van der Waals surface area contributed by atoms with Gasteiger partial charge in [-0.05, 0) is 50.3 Å². The van der Waals surface area contributed by atoms with Gasteiger partial charge in [-0.25, -0.2) is 17.6 Å². The average molecular weight is 519 g/mol. The number of amides is 3. The van der Waals surface area contributed by atoms with Gasteiger partial charge in [0, 0.05) is 30.3 Å². The van der Waals surface area contributed by atoms with Crippen LogP contribution in [0.5, 0.6) is 0 Å². The van der Waals surface area contributed by atoms with Crippen LogP contribution in [0.2, 0.25) is 0 Å². The lowest BCUT2D eigenvalue weighted by molar-refractivity contribution is -0.179. The smallest absolute Gasteiger partial charge is 0.271 e. The highest BCUT2D eigenvalue weighted by Gasteiger charge is 2.60. The number of piperidine rings is 3. The van der Waals surface area contributed by atoms with E-state index in [1.165, 1.54) is 0 Å². The number of hydrogen-bond acceptors (Lipinski definition) is 4. The Hall–Kier alpha value is -3.62. The third-order valence-corrected chi connectivity index (χ3v) is 7.75. The first kappa shape index (κ1) is 25.0. The third-order valence-electron chi connectivity index (χ3n) is 7.75. The first-order valence-corrected chi connectivity index (χ1v) is 12.3. The number of carbonyl (C=O) groups is 3. The van der Waals surface area contributed by atoms with Crippen molar-refractivity contribution in [1.29, 1.82) is 5.26 Å². The largest absolute Gasteiger partial charge is 0.356 e. The molecule has 37 heavy (non-hydrogen) atoms. The van der Waals surface area contributed by atoms with Gasteiger partial charge in [0.1, 0.15) is 29.4 Å². The van der Waals surface area contributed by atoms with Crippen LogP contribution in [-0.2, 0) is 9.59 Å². The summed E-state index contributed by atoms with van der Waals surface area (Å²) in [5.74, 6) is -8.76. The number of nitrogens with zero attached hydrogens (tertiary/aromatic N) is 2. The van der Waals surface area contributed by atoms with Crippen LogP contribution in [0, 0.1) is 34.8 Å². The van der Waals surface area contributed by atoms with Crippen LogP contribution in [0.3, 0.4) is 0 Å². The van der Waals surface area contributed by atoms with Gasteiger partial charge in [0.25, 0.3) is 11.8 Å². The summed E-state index contributed by atoms with van der Waals surface area (Å²) in [6.45, 7) is 0.526. The highest BCUT2D eigenvalue weighted by Crippen LogP contribution is 2.49.